The number of nitrogens with zero attached hydrogens (tertiary/aromatic N) is 1. The van der Waals surface area contributed by atoms with Crippen LogP contribution in [0.15, 0.2) is 6.07 Å². The van der Waals surface area contributed by atoms with E-state index in [1.165, 1.54) is 6.07 Å². The van der Waals surface area contributed by atoms with Crippen molar-refractivity contribution in [1.82, 2.24) is 5.32 Å². The van der Waals surface area contributed by atoms with Crippen LogP contribution in [0.25, 0.3) is 0 Å². The molecule has 0 fully saturated rings. The molecular formula is C13H16N2O2. The van der Waals surface area contributed by atoms with Gasteiger partial charge in [0.25, 0.3) is 0 Å². The highest BCUT2D eigenvalue weighted by molar-refractivity contribution is 5.91. The molecule has 0 bridgehead atoms. The van der Waals surface area contributed by atoms with Crippen molar-refractivity contribution in [3.63, 3.8) is 0 Å². The van der Waals surface area contributed by atoms with Gasteiger partial charge in [0, 0.05) is 12.1 Å². The second kappa shape index (κ2) is 5.35. The summed E-state index contributed by atoms with van der Waals surface area (Å²) in [6, 6.07) is 3.57. The Kier molecular flexibility index (Phi) is 4.11. The lowest BCUT2D eigenvalue weighted by Crippen LogP contribution is -2.21. The first-order chi connectivity index (χ1) is 8.01. The van der Waals surface area contributed by atoms with Crippen molar-refractivity contribution in [2.24, 2.45) is 0 Å². The first kappa shape index (κ1) is 13.0. The highest BCUT2D eigenvalue weighted by atomic mass is 16.5. The Morgan fingerprint density at radius 2 is 2.06 bits per heavy atom. The van der Waals surface area contributed by atoms with Gasteiger partial charge >= 0.3 is 5.91 Å². The number of amides is 1. The number of aryl methyl sites for hydroxylation is 2. The van der Waals surface area contributed by atoms with Gasteiger partial charge in [0.15, 0.2) is 6.07 Å². The predicted octanol–water partition coefficient (Wildman–Crippen LogP) is 1.76. The van der Waals surface area contributed by atoms with E-state index in [-0.39, 0.29) is 0 Å². The lowest BCUT2D eigenvalue weighted by atomic mass is 9.99. The van der Waals surface area contributed by atoms with E-state index in [0.29, 0.717) is 6.54 Å². The zero-order chi connectivity index (χ0) is 13.0. The van der Waals surface area contributed by atoms with Gasteiger partial charge in [0.05, 0.1) is 7.11 Å². The van der Waals surface area contributed by atoms with Crippen LogP contribution in [-0.2, 0) is 11.3 Å². The lowest BCUT2D eigenvalue weighted by molar-refractivity contribution is -0.116. The summed E-state index contributed by atoms with van der Waals surface area (Å²) in [5.41, 5.74) is 4.16. The van der Waals surface area contributed by atoms with Crippen molar-refractivity contribution in [1.29, 1.82) is 5.26 Å². The van der Waals surface area contributed by atoms with Crippen molar-refractivity contribution in [3.05, 3.63) is 28.3 Å². The highest BCUT2D eigenvalue weighted by Gasteiger charge is 2.12. The normalized spacial score (nSPS) is 9.59. The fourth-order valence-electron chi connectivity index (χ4n) is 1.81. The van der Waals surface area contributed by atoms with E-state index in [1.807, 2.05) is 26.8 Å². The van der Waals surface area contributed by atoms with Crippen LogP contribution < -0.4 is 10.1 Å². The maximum Gasteiger partial charge on any atom is 0.322 e. The van der Waals surface area contributed by atoms with Gasteiger partial charge < -0.3 is 10.1 Å². The van der Waals surface area contributed by atoms with E-state index in [0.717, 1.165) is 28.0 Å². The third kappa shape index (κ3) is 2.76. The zero-order valence-corrected chi connectivity index (χ0v) is 10.5. The SMILES string of the molecule is COc1c(C)c(C)cc(C)c1CNC(=O)C#N. The van der Waals surface area contributed by atoms with Gasteiger partial charge in [-0.1, -0.05) is 6.07 Å². The van der Waals surface area contributed by atoms with Crippen LogP contribution in [-0.4, -0.2) is 13.0 Å². The van der Waals surface area contributed by atoms with E-state index in [2.05, 4.69) is 5.32 Å². The standard InChI is InChI=1S/C13H16N2O2/c1-8-5-9(2)11(7-15-12(16)6-14)13(17-4)10(8)3/h5H,7H2,1-4H3,(H,15,16). The summed E-state index contributed by atoms with van der Waals surface area (Å²) in [6.45, 7) is 6.26. The summed E-state index contributed by atoms with van der Waals surface area (Å²) in [5.74, 6) is 0.144. The maximum absolute atomic E-state index is 10.9. The van der Waals surface area contributed by atoms with Crippen LogP contribution in [0.5, 0.6) is 5.75 Å². The highest BCUT2D eigenvalue weighted by Crippen LogP contribution is 2.29. The Morgan fingerprint density at radius 3 is 2.59 bits per heavy atom. The topological polar surface area (TPSA) is 62.1 Å². The average Bonchev–Trinajstić information content (AvgIpc) is 2.31. The molecule has 4 nitrogen and oxygen atoms in total. The molecule has 0 heterocycles. The van der Waals surface area contributed by atoms with Crippen LogP contribution in [0, 0.1) is 32.1 Å². The minimum atomic E-state index is -0.635. The predicted molar refractivity (Wildman–Crippen MR) is 64.7 cm³/mol. The fourth-order valence-corrected chi connectivity index (χ4v) is 1.81. The van der Waals surface area contributed by atoms with Crippen LogP contribution in [0.4, 0.5) is 0 Å². The van der Waals surface area contributed by atoms with Gasteiger partial charge in [-0.2, -0.15) is 5.26 Å². The summed E-state index contributed by atoms with van der Waals surface area (Å²) in [5, 5.41) is 10.9. The molecule has 0 saturated heterocycles. The molecule has 17 heavy (non-hydrogen) atoms. The molecule has 1 aromatic carbocycles. The Hall–Kier alpha value is -2.02. The molecule has 0 aliphatic rings. The zero-order valence-electron chi connectivity index (χ0n) is 10.5. The summed E-state index contributed by atoms with van der Waals surface area (Å²) in [7, 11) is 1.61. The fraction of sp³-hybridized carbons (Fsp3) is 0.385. The molecule has 0 unspecified atom stereocenters. The van der Waals surface area contributed by atoms with Gasteiger partial charge in [-0.05, 0) is 37.5 Å². The number of hydrogen-bond acceptors (Lipinski definition) is 3. The molecule has 0 spiro atoms. The minimum absolute atomic E-state index is 0.308. The van der Waals surface area contributed by atoms with E-state index in [4.69, 9.17) is 10.00 Å². The number of ether oxygens (including phenoxy) is 1. The number of nitrogens with one attached hydrogen (secondary N) is 1. The van der Waals surface area contributed by atoms with Gasteiger partial charge in [0.2, 0.25) is 0 Å². The van der Waals surface area contributed by atoms with E-state index < -0.39 is 5.91 Å². The second-order valence-corrected chi connectivity index (χ2v) is 3.94. The maximum atomic E-state index is 10.9. The number of benzene rings is 1. The molecular weight excluding hydrogens is 216 g/mol. The molecule has 0 aliphatic heterocycles. The number of carbonyl (C=O) groups is 1. The van der Waals surface area contributed by atoms with Gasteiger partial charge in [0.1, 0.15) is 5.75 Å². The first-order valence-corrected chi connectivity index (χ1v) is 5.32. The molecule has 0 saturated carbocycles. The summed E-state index contributed by atoms with van der Waals surface area (Å²) >= 11 is 0. The van der Waals surface area contributed by atoms with Crippen LogP contribution in [0.2, 0.25) is 0 Å². The summed E-state index contributed by atoms with van der Waals surface area (Å²) < 4.78 is 5.37. The molecule has 1 N–H and O–H groups in total. The smallest absolute Gasteiger partial charge is 0.322 e. The summed E-state index contributed by atoms with van der Waals surface area (Å²) in [4.78, 5) is 10.9. The molecule has 0 aromatic heterocycles. The van der Waals surface area contributed by atoms with Crippen LogP contribution in [0.1, 0.15) is 22.3 Å². The molecule has 1 aromatic rings. The van der Waals surface area contributed by atoms with Crippen molar-refractivity contribution in [2.45, 2.75) is 27.3 Å². The van der Waals surface area contributed by atoms with Crippen molar-refractivity contribution in [3.8, 4) is 11.8 Å². The van der Waals surface area contributed by atoms with Gasteiger partial charge in [-0.25, -0.2) is 0 Å². The number of nitriles is 1. The third-order valence-electron chi connectivity index (χ3n) is 2.85. The molecule has 0 aliphatic carbocycles. The molecule has 4 heteroatoms. The lowest BCUT2D eigenvalue weighted by Gasteiger charge is -2.16. The average molecular weight is 232 g/mol. The molecule has 1 amide bonds. The van der Waals surface area contributed by atoms with E-state index >= 15 is 0 Å². The van der Waals surface area contributed by atoms with Gasteiger partial charge in [-0.3, -0.25) is 4.79 Å². The second-order valence-electron chi connectivity index (χ2n) is 3.94. The van der Waals surface area contributed by atoms with Crippen LogP contribution in [0.3, 0.4) is 0 Å². The largest absolute Gasteiger partial charge is 0.496 e. The third-order valence-corrected chi connectivity index (χ3v) is 2.85. The minimum Gasteiger partial charge on any atom is -0.496 e. The van der Waals surface area contributed by atoms with Crippen molar-refractivity contribution in [2.75, 3.05) is 7.11 Å². The Balaban J connectivity index is 3.10. The molecule has 0 radical (unpaired) electrons. The molecule has 90 valence electrons. The van der Waals surface area contributed by atoms with Crippen molar-refractivity contribution >= 4 is 5.91 Å². The number of carbonyl (C=O) groups excluding carboxylic acids is 1. The molecule has 0 atom stereocenters. The number of rotatable bonds is 3. The Labute approximate surface area is 101 Å². The van der Waals surface area contributed by atoms with Crippen molar-refractivity contribution < 1.29 is 9.53 Å². The van der Waals surface area contributed by atoms with E-state index in [9.17, 15) is 4.79 Å². The summed E-state index contributed by atoms with van der Waals surface area (Å²) in [6.07, 6.45) is 0. The number of hydrogen-bond donors (Lipinski definition) is 1. The van der Waals surface area contributed by atoms with Crippen LogP contribution >= 0.6 is 0 Å². The monoisotopic (exact) mass is 232 g/mol. The Morgan fingerprint density at radius 1 is 1.41 bits per heavy atom. The Bertz CT molecular complexity index is 487. The van der Waals surface area contributed by atoms with Gasteiger partial charge in [-0.15, -0.1) is 0 Å². The van der Waals surface area contributed by atoms with E-state index in [1.54, 1.807) is 7.11 Å². The molecule has 1 rings (SSSR count). The quantitative estimate of drug-likeness (QED) is 0.808. The number of methoxy groups -OCH3 is 1. The first-order valence-electron chi connectivity index (χ1n) is 5.32.